The van der Waals surface area contributed by atoms with Crippen LogP contribution in [0, 0.1) is 10.5 Å². The van der Waals surface area contributed by atoms with Crippen LogP contribution < -0.4 is 10.1 Å². The molecule has 1 N–H and O–H groups in total. The average Bonchev–Trinajstić information content (AvgIpc) is 2.57. The second-order valence-corrected chi connectivity index (χ2v) is 6.96. The lowest BCUT2D eigenvalue weighted by atomic mass is 10.1. The Balaban J connectivity index is 1.70. The van der Waals surface area contributed by atoms with Crippen LogP contribution in [0.15, 0.2) is 60.7 Å². The number of halogens is 1. The lowest BCUT2D eigenvalue weighted by Gasteiger charge is -2.16. The maximum absolute atomic E-state index is 12.4. The van der Waals surface area contributed by atoms with Crippen molar-refractivity contribution in [3.8, 4) is 5.75 Å². The summed E-state index contributed by atoms with van der Waals surface area (Å²) < 4.78 is 6.95. The summed E-state index contributed by atoms with van der Waals surface area (Å²) in [4.78, 5) is 12.4. The van der Waals surface area contributed by atoms with Gasteiger partial charge in [-0.25, -0.2) is 0 Å². The van der Waals surface area contributed by atoms with Crippen molar-refractivity contribution in [1.82, 2.24) is 0 Å². The van der Waals surface area contributed by atoms with Gasteiger partial charge in [-0.2, -0.15) is 0 Å². The molecule has 0 saturated carbocycles. The Morgan fingerprint density at radius 1 is 1.04 bits per heavy atom. The molecule has 3 aromatic carbocycles. The molecule has 1 amide bonds. The Morgan fingerprint density at radius 2 is 1.79 bits per heavy atom. The van der Waals surface area contributed by atoms with E-state index in [1.807, 2.05) is 61.5 Å². The van der Waals surface area contributed by atoms with E-state index in [9.17, 15) is 4.79 Å². The van der Waals surface area contributed by atoms with Crippen molar-refractivity contribution in [3.63, 3.8) is 0 Å². The van der Waals surface area contributed by atoms with E-state index in [0.29, 0.717) is 5.75 Å². The molecule has 3 rings (SSSR count). The summed E-state index contributed by atoms with van der Waals surface area (Å²) >= 11 is 2.25. The number of rotatable bonds is 4. The van der Waals surface area contributed by atoms with E-state index in [1.54, 1.807) is 6.92 Å². The van der Waals surface area contributed by atoms with Gasteiger partial charge in [0.25, 0.3) is 5.91 Å². The first kappa shape index (κ1) is 16.8. The molecule has 0 heterocycles. The quantitative estimate of drug-likeness (QED) is 0.580. The van der Waals surface area contributed by atoms with Gasteiger partial charge in [0.1, 0.15) is 5.75 Å². The zero-order chi connectivity index (χ0) is 17.1. The minimum Gasteiger partial charge on any atom is -0.481 e. The van der Waals surface area contributed by atoms with E-state index in [2.05, 4.69) is 34.0 Å². The summed E-state index contributed by atoms with van der Waals surface area (Å²) in [7, 11) is 0. The lowest BCUT2D eigenvalue weighted by Crippen LogP contribution is -2.30. The van der Waals surface area contributed by atoms with E-state index in [-0.39, 0.29) is 5.91 Å². The van der Waals surface area contributed by atoms with Crippen LogP contribution in [0.1, 0.15) is 12.5 Å². The molecular formula is C20H18INO2. The van der Waals surface area contributed by atoms with Crippen LogP contribution in [0.3, 0.4) is 0 Å². The molecule has 122 valence electrons. The minimum absolute atomic E-state index is 0.160. The topological polar surface area (TPSA) is 38.3 Å². The zero-order valence-corrected chi connectivity index (χ0v) is 15.7. The Bertz CT molecular complexity index is 892. The van der Waals surface area contributed by atoms with Crippen molar-refractivity contribution in [1.29, 1.82) is 0 Å². The maximum Gasteiger partial charge on any atom is 0.265 e. The molecule has 1 atom stereocenters. The Hall–Kier alpha value is -2.08. The van der Waals surface area contributed by atoms with Crippen LogP contribution >= 0.6 is 22.6 Å². The van der Waals surface area contributed by atoms with Gasteiger partial charge in [0.15, 0.2) is 6.10 Å². The third-order valence-electron chi connectivity index (χ3n) is 3.85. The van der Waals surface area contributed by atoms with E-state index in [4.69, 9.17) is 4.74 Å². The van der Waals surface area contributed by atoms with Crippen LogP contribution in [0.2, 0.25) is 0 Å². The first-order chi connectivity index (χ1) is 11.5. The number of nitrogens with one attached hydrogen (secondary N) is 1. The smallest absolute Gasteiger partial charge is 0.265 e. The van der Waals surface area contributed by atoms with Gasteiger partial charge in [-0.05, 0) is 83.1 Å². The second-order valence-electron chi connectivity index (χ2n) is 5.72. The zero-order valence-electron chi connectivity index (χ0n) is 13.5. The summed E-state index contributed by atoms with van der Waals surface area (Å²) in [5, 5.41) is 5.17. The van der Waals surface area contributed by atoms with E-state index < -0.39 is 6.10 Å². The highest BCUT2D eigenvalue weighted by Gasteiger charge is 2.16. The van der Waals surface area contributed by atoms with Gasteiger partial charge in [-0.1, -0.05) is 30.3 Å². The molecule has 3 aromatic rings. The van der Waals surface area contributed by atoms with Gasteiger partial charge in [-0.3, -0.25) is 4.79 Å². The largest absolute Gasteiger partial charge is 0.481 e. The standard InChI is InChI=1S/C20H18INO2/c1-13-11-17(21)8-10-19(13)22-20(23)14(2)24-18-9-7-15-5-3-4-6-16(15)12-18/h3-12,14H,1-2H3,(H,22,23)/t14-/m0/s1. The van der Waals surface area contributed by atoms with Crippen LogP contribution in [0.25, 0.3) is 10.8 Å². The van der Waals surface area contributed by atoms with Crippen LogP contribution in [0.5, 0.6) is 5.75 Å². The SMILES string of the molecule is Cc1cc(I)ccc1NC(=O)[C@H](C)Oc1ccc2ccccc2c1. The fraction of sp³-hybridized carbons (Fsp3) is 0.150. The number of benzene rings is 3. The molecule has 0 bridgehead atoms. The average molecular weight is 431 g/mol. The third-order valence-corrected chi connectivity index (χ3v) is 4.52. The summed E-state index contributed by atoms with van der Waals surface area (Å²) in [6.45, 7) is 3.74. The van der Waals surface area contributed by atoms with Gasteiger partial charge in [0, 0.05) is 9.26 Å². The number of anilines is 1. The summed E-state index contributed by atoms with van der Waals surface area (Å²) in [6, 6.07) is 19.8. The predicted molar refractivity (Wildman–Crippen MR) is 107 cm³/mol. The number of amides is 1. The molecule has 3 nitrogen and oxygen atoms in total. The number of carbonyl (C=O) groups excluding carboxylic acids is 1. The van der Waals surface area contributed by atoms with Gasteiger partial charge < -0.3 is 10.1 Å². The molecule has 0 aliphatic heterocycles. The van der Waals surface area contributed by atoms with Crippen LogP contribution in [0.4, 0.5) is 5.69 Å². The Morgan fingerprint density at radius 3 is 2.54 bits per heavy atom. The molecule has 0 aromatic heterocycles. The number of fused-ring (bicyclic) bond motifs is 1. The first-order valence-electron chi connectivity index (χ1n) is 7.75. The Labute approximate surface area is 155 Å². The highest BCUT2D eigenvalue weighted by atomic mass is 127. The van der Waals surface area contributed by atoms with Gasteiger partial charge >= 0.3 is 0 Å². The molecule has 0 fully saturated rings. The Kier molecular flexibility index (Phi) is 5.04. The predicted octanol–water partition coefficient (Wildman–Crippen LogP) is 5.16. The highest BCUT2D eigenvalue weighted by Crippen LogP contribution is 2.22. The molecule has 24 heavy (non-hydrogen) atoms. The number of ether oxygens (including phenoxy) is 1. The third kappa shape index (κ3) is 3.87. The molecule has 0 saturated heterocycles. The van der Waals surface area contributed by atoms with Crippen LogP contribution in [-0.4, -0.2) is 12.0 Å². The van der Waals surface area contributed by atoms with Gasteiger partial charge in [0.2, 0.25) is 0 Å². The fourth-order valence-corrected chi connectivity index (χ4v) is 3.15. The van der Waals surface area contributed by atoms with E-state index in [0.717, 1.165) is 25.6 Å². The van der Waals surface area contributed by atoms with Crippen molar-refractivity contribution in [3.05, 3.63) is 69.8 Å². The van der Waals surface area contributed by atoms with E-state index in [1.165, 1.54) is 0 Å². The lowest BCUT2D eigenvalue weighted by molar-refractivity contribution is -0.122. The molecule has 0 aliphatic carbocycles. The number of carbonyl (C=O) groups is 1. The second kappa shape index (κ2) is 7.21. The molecule has 0 spiro atoms. The highest BCUT2D eigenvalue weighted by molar-refractivity contribution is 14.1. The molecular weight excluding hydrogens is 413 g/mol. The van der Waals surface area contributed by atoms with Crippen molar-refractivity contribution in [2.24, 2.45) is 0 Å². The maximum atomic E-state index is 12.4. The van der Waals surface area contributed by atoms with Gasteiger partial charge in [0.05, 0.1) is 0 Å². The molecule has 0 radical (unpaired) electrons. The number of aryl methyl sites for hydroxylation is 1. The summed E-state index contributed by atoms with van der Waals surface area (Å²) in [5.41, 5.74) is 1.85. The monoisotopic (exact) mass is 431 g/mol. The van der Waals surface area contributed by atoms with Crippen molar-refractivity contribution in [2.75, 3.05) is 5.32 Å². The van der Waals surface area contributed by atoms with Crippen LogP contribution in [-0.2, 0) is 4.79 Å². The molecule has 0 unspecified atom stereocenters. The molecule has 4 heteroatoms. The summed E-state index contributed by atoms with van der Waals surface area (Å²) in [5.74, 6) is 0.531. The number of hydrogen-bond donors (Lipinski definition) is 1. The van der Waals surface area contributed by atoms with E-state index >= 15 is 0 Å². The first-order valence-corrected chi connectivity index (χ1v) is 8.83. The normalized spacial score (nSPS) is 12.0. The number of hydrogen-bond acceptors (Lipinski definition) is 2. The minimum atomic E-state index is -0.579. The van der Waals surface area contributed by atoms with Crippen molar-refractivity contribution in [2.45, 2.75) is 20.0 Å². The van der Waals surface area contributed by atoms with Gasteiger partial charge in [-0.15, -0.1) is 0 Å². The summed E-state index contributed by atoms with van der Waals surface area (Å²) in [6.07, 6.45) is -0.579. The van der Waals surface area contributed by atoms with Crippen molar-refractivity contribution >= 4 is 45.0 Å². The molecule has 0 aliphatic rings. The fourth-order valence-electron chi connectivity index (χ4n) is 2.50. The van der Waals surface area contributed by atoms with Crippen molar-refractivity contribution < 1.29 is 9.53 Å².